The van der Waals surface area contributed by atoms with Gasteiger partial charge in [0.15, 0.2) is 0 Å². The molecule has 2 amide bonds. The van der Waals surface area contributed by atoms with Crippen LogP contribution in [0.25, 0.3) is 0 Å². The predicted octanol–water partition coefficient (Wildman–Crippen LogP) is 1.88. The molecule has 1 aliphatic rings. The van der Waals surface area contributed by atoms with Crippen LogP contribution in [0, 0.1) is 5.41 Å². The quantitative estimate of drug-likeness (QED) is 0.720. The molecule has 0 aromatic heterocycles. The molecule has 1 aliphatic carbocycles. The summed E-state index contributed by atoms with van der Waals surface area (Å²) in [6.07, 6.45) is -4.51. The molecule has 0 spiro atoms. The fourth-order valence-electron chi connectivity index (χ4n) is 1.49. The number of carbonyl (C=O) groups is 2. The molecule has 0 aliphatic heterocycles. The number of aliphatic carboxylic acids is 1. The molecule has 0 aromatic carbocycles. The first-order valence-electron chi connectivity index (χ1n) is 5.92. The van der Waals surface area contributed by atoms with Gasteiger partial charge in [0.25, 0.3) is 0 Å². The van der Waals surface area contributed by atoms with Crippen LogP contribution in [0.2, 0.25) is 0 Å². The van der Waals surface area contributed by atoms with Gasteiger partial charge in [0.05, 0.1) is 5.41 Å². The van der Waals surface area contributed by atoms with Crippen molar-refractivity contribution in [3.63, 3.8) is 0 Å². The summed E-state index contributed by atoms with van der Waals surface area (Å²) in [5.74, 6) is -1.10. The van der Waals surface area contributed by atoms with E-state index < -0.39 is 29.1 Å². The minimum Gasteiger partial charge on any atom is -0.481 e. The van der Waals surface area contributed by atoms with Crippen molar-refractivity contribution in [1.82, 2.24) is 10.6 Å². The van der Waals surface area contributed by atoms with E-state index in [0.29, 0.717) is 0 Å². The number of halogens is 3. The summed E-state index contributed by atoms with van der Waals surface area (Å²) in [4.78, 5) is 22.4. The SMILES string of the molecule is CCC(C)(CNC(=O)NC1(C(F)(F)F)CC1)C(=O)O. The van der Waals surface area contributed by atoms with Gasteiger partial charge >= 0.3 is 18.2 Å². The zero-order valence-electron chi connectivity index (χ0n) is 10.7. The maximum atomic E-state index is 12.6. The van der Waals surface area contributed by atoms with Gasteiger partial charge in [-0.15, -0.1) is 0 Å². The summed E-state index contributed by atoms with van der Waals surface area (Å²) in [5.41, 5.74) is -3.32. The summed E-state index contributed by atoms with van der Waals surface area (Å²) < 4.78 is 37.8. The van der Waals surface area contributed by atoms with Gasteiger partial charge in [0.2, 0.25) is 0 Å². The highest BCUT2D eigenvalue weighted by Gasteiger charge is 2.64. The highest BCUT2D eigenvalue weighted by molar-refractivity contribution is 5.78. The van der Waals surface area contributed by atoms with Gasteiger partial charge in [-0.25, -0.2) is 4.79 Å². The monoisotopic (exact) mass is 282 g/mol. The van der Waals surface area contributed by atoms with Crippen molar-refractivity contribution < 1.29 is 27.9 Å². The zero-order chi connectivity index (χ0) is 14.9. The topological polar surface area (TPSA) is 78.4 Å². The maximum absolute atomic E-state index is 12.6. The molecule has 0 radical (unpaired) electrons. The number of alkyl halides is 3. The van der Waals surface area contributed by atoms with E-state index in [1.165, 1.54) is 6.92 Å². The van der Waals surface area contributed by atoms with Crippen molar-refractivity contribution in [3.05, 3.63) is 0 Å². The van der Waals surface area contributed by atoms with Gasteiger partial charge < -0.3 is 15.7 Å². The third kappa shape index (κ3) is 3.30. The fourth-order valence-corrected chi connectivity index (χ4v) is 1.49. The molecule has 0 aromatic rings. The van der Waals surface area contributed by atoms with Crippen LogP contribution in [0.1, 0.15) is 33.1 Å². The fraction of sp³-hybridized carbons (Fsp3) is 0.818. The van der Waals surface area contributed by atoms with Crippen LogP contribution in [-0.2, 0) is 4.79 Å². The van der Waals surface area contributed by atoms with Crippen LogP contribution in [-0.4, -0.2) is 35.4 Å². The third-order valence-corrected chi connectivity index (χ3v) is 3.58. The van der Waals surface area contributed by atoms with E-state index in [1.54, 1.807) is 6.92 Å². The predicted molar refractivity (Wildman–Crippen MR) is 60.6 cm³/mol. The summed E-state index contributed by atoms with van der Waals surface area (Å²) in [5, 5.41) is 13.0. The molecule has 1 unspecified atom stereocenters. The molecule has 1 saturated carbocycles. The third-order valence-electron chi connectivity index (χ3n) is 3.58. The molecule has 1 rings (SSSR count). The van der Waals surface area contributed by atoms with Crippen molar-refractivity contribution in [2.45, 2.75) is 44.8 Å². The van der Waals surface area contributed by atoms with Gasteiger partial charge in [-0.1, -0.05) is 6.92 Å². The molecule has 5 nitrogen and oxygen atoms in total. The lowest BCUT2D eigenvalue weighted by Crippen LogP contribution is -2.53. The molecule has 1 fully saturated rings. The Labute approximate surface area is 108 Å². The molecular weight excluding hydrogens is 265 g/mol. The second-order valence-electron chi connectivity index (χ2n) is 5.11. The van der Waals surface area contributed by atoms with E-state index >= 15 is 0 Å². The smallest absolute Gasteiger partial charge is 0.411 e. The number of carboxylic acids is 1. The molecular formula is C11H17F3N2O3. The second-order valence-corrected chi connectivity index (χ2v) is 5.11. The van der Waals surface area contributed by atoms with Gasteiger partial charge in [-0.3, -0.25) is 4.79 Å². The van der Waals surface area contributed by atoms with Crippen LogP contribution >= 0.6 is 0 Å². The minimum atomic E-state index is -4.48. The lowest BCUT2D eigenvalue weighted by molar-refractivity contribution is -0.162. The summed E-state index contributed by atoms with van der Waals surface area (Å²) in [6, 6.07) is -0.990. The molecule has 3 N–H and O–H groups in total. The van der Waals surface area contributed by atoms with E-state index in [4.69, 9.17) is 5.11 Å². The number of amides is 2. The van der Waals surface area contributed by atoms with Crippen molar-refractivity contribution in [2.24, 2.45) is 5.41 Å². The Morgan fingerprint density at radius 2 is 1.84 bits per heavy atom. The average molecular weight is 282 g/mol. The van der Waals surface area contributed by atoms with E-state index in [1.807, 2.05) is 5.32 Å². The van der Waals surface area contributed by atoms with E-state index in [-0.39, 0.29) is 25.8 Å². The summed E-state index contributed by atoms with van der Waals surface area (Å²) in [6.45, 7) is 2.83. The van der Waals surface area contributed by atoms with E-state index in [0.717, 1.165) is 0 Å². The summed E-state index contributed by atoms with van der Waals surface area (Å²) in [7, 11) is 0. The van der Waals surface area contributed by atoms with E-state index in [2.05, 4.69) is 5.32 Å². The second kappa shape index (κ2) is 4.90. The standard InChI is InChI=1S/C11H17F3N2O3/c1-3-9(2,7(17)18)6-15-8(19)16-10(4-5-10)11(12,13)14/h3-6H2,1-2H3,(H,17,18)(H2,15,16,19). The first-order valence-corrected chi connectivity index (χ1v) is 5.92. The number of urea groups is 1. The normalized spacial score (nSPS) is 20.3. The lowest BCUT2D eigenvalue weighted by Gasteiger charge is -2.25. The van der Waals surface area contributed by atoms with Gasteiger partial charge in [0.1, 0.15) is 5.54 Å². The van der Waals surface area contributed by atoms with Gasteiger partial charge in [-0.2, -0.15) is 13.2 Å². The van der Waals surface area contributed by atoms with Crippen LogP contribution in [0.15, 0.2) is 0 Å². The Bertz CT molecular complexity index is 380. The Hall–Kier alpha value is -1.47. The largest absolute Gasteiger partial charge is 0.481 e. The zero-order valence-corrected chi connectivity index (χ0v) is 10.7. The Balaban J connectivity index is 2.52. The van der Waals surface area contributed by atoms with E-state index in [9.17, 15) is 22.8 Å². The number of carboxylic acid groups (broad SMARTS) is 1. The molecule has 8 heteroatoms. The van der Waals surface area contributed by atoms with Crippen LogP contribution in [0.3, 0.4) is 0 Å². The minimum absolute atomic E-state index is 0.145. The molecule has 0 heterocycles. The van der Waals surface area contributed by atoms with Crippen LogP contribution in [0.4, 0.5) is 18.0 Å². The lowest BCUT2D eigenvalue weighted by atomic mass is 9.88. The highest BCUT2D eigenvalue weighted by Crippen LogP contribution is 2.48. The van der Waals surface area contributed by atoms with Gasteiger partial charge in [0, 0.05) is 6.54 Å². The number of hydrogen-bond donors (Lipinski definition) is 3. The molecule has 19 heavy (non-hydrogen) atoms. The number of nitrogens with one attached hydrogen (secondary N) is 2. The Kier molecular flexibility index (Phi) is 4.02. The molecule has 0 bridgehead atoms. The van der Waals surface area contributed by atoms with Crippen molar-refractivity contribution in [3.8, 4) is 0 Å². The molecule has 0 saturated heterocycles. The first kappa shape index (κ1) is 15.6. The molecule has 1 atom stereocenters. The number of rotatable bonds is 5. The maximum Gasteiger partial charge on any atom is 0.411 e. The number of hydrogen-bond acceptors (Lipinski definition) is 2. The first-order chi connectivity index (χ1) is 8.56. The average Bonchev–Trinajstić information content (AvgIpc) is 3.06. The van der Waals surface area contributed by atoms with Crippen LogP contribution in [0.5, 0.6) is 0 Å². The van der Waals surface area contributed by atoms with Gasteiger partial charge in [-0.05, 0) is 26.2 Å². The molecule has 110 valence electrons. The van der Waals surface area contributed by atoms with Crippen LogP contribution < -0.4 is 10.6 Å². The Morgan fingerprint density at radius 3 is 2.16 bits per heavy atom. The highest BCUT2D eigenvalue weighted by atomic mass is 19.4. The van der Waals surface area contributed by atoms with Crippen molar-refractivity contribution in [1.29, 1.82) is 0 Å². The van der Waals surface area contributed by atoms with Crippen molar-refractivity contribution in [2.75, 3.05) is 6.54 Å². The Morgan fingerprint density at radius 1 is 1.32 bits per heavy atom. The van der Waals surface area contributed by atoms with Crippen molar-refractivity contribution >= 4 is 12.0 Å². The summed E-state index contributed by atoms with van der Waals surface area (Å²) >= 11 is 0. The number of carbonyl (C=O) groups excluding carboxylic acids is 1.